The highest BCUT2D eigenvalue weighted by atomic mass is 32.2. The molecule has 1 aromatic carbocycles. The number of carbonyl (C=O) groups is 1. The third-order valence-corrected chi connectivity index (χ3v) is 4.38. The molecule has 0 aliphatic carbocycles. The number of rotatable bonds is 4. The van der Waals surface area contributed by atoms with E-state index in [2.05, 4.69) is 5.32 Å². The Morgan fingerprint density at radius 2 is 2.11 bits per heavy atom. The molecule has 100 valence electrons. The first-order chi connectivity index (χ1) is 9.08. The van der Waals surface area contributed by atoms with Crippen molar-refractivity contribution in [3.8, 4) is 0 Å². The van der Waals surface area contributed by atoms with Crippen LogP contribution in [-0.4, -0.2) is 16.4 Å². The maximum Gasteiger partial charge on any atom is 0.265 e. The van der Waals surface area contributed by atoms with Gasteiger partial charge in [0.15, 0.2) is 0 Å². The van der Waals surface area contributed by atoms with Crippen molar-refractivity contribution in [1.82, 2.24) is 0 Å². The predicted octanol–water partition coefficient (Wildman–Crippen LogP) is 3.19. The van der Waals surface area contributed by atoms with Crippen molar-refractivity contribution in [3.05, 3.63) is 51.7 Å². The zero-order chi connectivity index (χ0) is 13.8. The lowest BCUT2D eigenvalue weighted by Crippen LogP contribution is -2.12. The van der Waals surface area contributed by atoms with Crippen molar-refractivity contribution < 1.29 is 9.00 Å². The molecule has 1 atom stereocenters. The van der Waals surface area contributed by atoms with Crippen LogP contribution < -0.4 is 5.32 Å². The molecule has 0 aliphatic rings. The van der Waals surface area contributed by atoms with Gasteiger partial charge < -0.3 is 5.32 Å². The molecule has 1 heterocycles. The highest BCUT2D eigenvalue weighted by Crippen LogP contribution is 2.21. The van der Waals surface area contributed by atoms with E-state index in [1.807, 2.05) is 36.6 Å². The Morgan fingerprint density at radius 1 is 1.32 bits per heavy atom. The Kier molecular flexibility index (Phi) is 4.50. The summed E-state index contributed by atoms with van der Waals surface area (Å²) in [7, 11) is -0.888. The van der Waals surface area contributed by atoms with Crippen molar-refractivity contribution in [1.29, 1.82) is 0 Å². The predicted molar refractivity (Wildman–Crippen MR) is 81.2 cm³/mol. The first kappa shape index (κ1) is 14.0. The Bertz CT molecular complexity index is 606. The van der Waals surface area contributed by atoms with E-state index in [-0.39, 0.29) is 5.91 Å². The summed E-state index contributed by atoms with van der Waals surface area (Å²) < 4.78 is 11.3. The van der Waals surface area contributed by atoms with E-state index in [0.717, 1.165) is 16.8 Å². The second-order valence-electron chi connectivity index (χ2n) is 4.24. The van der Waals surface area contributed by atoms with E-state index in [1.54, 1.807) is 12.3 Å². The van der Waals surface area contributed by atoms with E-state index in [9.17, 15) is 9.00 Å². The second kappa shape index (κ2) is 6.12. The molecule has 19 heavy (non-hydrogen) atoms. The van der Waals surface area contributed by atoms with Gasteiger partial charge in [-0.2, -0.15) is 0 Å². The molecule has 0 radical (unpaired) electrons. The van der Waals surface area contributed by atoms with Crippen molar-refractivity contribution in [2.24, 2.45) is 0 Å². The molecular formula is C14H15NO2S2. The highest BCUT2D eigenvalue weighted by Gasteiger charge is 2.10. The molecule has 0 fully saturated rings. The minimum atomic E-state index is -0.888. The number of carbonyl (C=O) groups excluding carboxylic acids is 1. The molecule has 2 rings (SSSR count). The van der Waals surface area contributed by atoms with E-state index in [4.69, 9.17) is 0 Å². The average molecular weight is 293 g/mol. The van der Waals surface area contributed by atoms with Crippen LogP contribution in [0.3, 0.4) is 0 Å². The maximum atomic E-state index is 12.0. The summed E-state index contributed by atoms with van der Waals surface area (Å²) in [5.41, 5.74) is 2.76. The average Bonchev–Trinajstić information content (AvgIpc) is 2.87. The van der Waals surface area contributed by atoms with E-state index >= 15 is 0 Å². The summed E-state index contributed by atoms with van der Waals surface area (Å²) in [6.07, 6.45) is 1.68. The highest BCUT2D eigenvalue weighted by molar-refractivity contribution is 7.83. The summed E-state index contributed by atoms with van der Waals surface area (Å²) in [5.74, 6) is 0.405. The molecular weight excluding hydrogens is 278 g/mol. The molecule has 3 nitrogen and oxygen atoms in total. The lowest BCUT2D eigenvalue weighted by atomic mass is 10.1. The van der Waals surface area contributed by atoms with Crippen molar-refractivity contribution >= 4 is 33.7 Å². The fraction of sp³-hybridized carbons (Fsp3) is 0.214. The third-order valence-electron chi connectivity index (χ3n) is 2.80. The van der Waals surface area contributed by atoms with Crippen LogP contribution >= 0.6 is 11.3 Å². The topological polar surface area (TPSA) is 46.2 Å². The minimum Gasteiger partial charge on any atom is -0.321 e. The number of hydrogen-bond acceptors (Lipinski definition) is 3. The zero-order valence-corrected chi connectivity index (χ0v) is 12.4. The summed E-state index contributed by atoms with van der Waals surface area (Å²) in [6.45, 7) is 1.94. The molecule has 0 bridgehead atoms. The molecule has 0 aliphatic heterocycles. The normalized spacial score (nSPS) is 12.1. The van der Waals surface area contributed by atoms with Crippen LogP contribution in [0.5, 0.6) is 0 Å². The van der Waals surface area contributed by atoms with Gasteiger partial charge in [0, 0.05) is 28.5 Å². The number of hydrogen-bond donors (Lipinski definition) is 1. The molecule has 2 aromatic rings. The summed E-state index contributed by atoms with van der Waals surface area (Å²) >= 11 is 1.41. The van der Waals surface area contributed by atoms with Gasteiger partial charge in [-0.15, -0.1) is 11.3 Å². The van der Waals surface area contributed by atoms with Crippen LogP contribution in [0.15, 0.2) is 35.7 Å². The molecule has 0 spiro atoms. The smallest absolute Gasteiger partial charge is 0.265 e. The van der Waals surface area contributed by atoms with Crippen molar-refractivity contribution in [2.45, 2.75) is 12.7 Å². The quantitative estimate of drug-likeness (QED) is 0.941. The molecule has 5 heteroatoms. The van der Waals surface area contributed by atoms with Gasteiger partial charge in [0.25, 0.3) is 5.91 Å². The number of thiophene rings is 1. The Labute approximate surface area is 119 Å². The molecule has 1 amide bonds. The molecule has 0 saturated carbocycles. The van der Waals surface area contributed by atoms with E-state index in [1.165, 1.54) is 11.3 Å². The molecule has 0 unspecified atom stereocenters. The molecule has 1 aromatic heterocycles. The van der Waals surface area contributed by atoms with E-state index < -0.39 is 10.8 Å². The monoisotopic (exact) mass is 293 g/mol. The Morgan fingerprint density at radius 3 is 2.74 bits per heavy atom. The first-order valence-corrected chi connectivity index (χ1v) is 8.42. The Balaban J connectivity index is 2.21. The number of anilines is 1. The number of amides is 1. The standard InChI is InChI=1S/C14H15NO2S2/c1-10-11(9-19(2)17)5-3-6-12(10)15-14(16)13-7-4-8-18-13/h3-8H,9H2,1-2H3,(H,15,16)/t19-/m1/s1. The van der Waals surface area contributed by atoms with Crippen LogP contribution in [0.1, 0.15) is 20.8 Å². The first-order valence-electron chi connectivity index (χ1n) is 5.81. The summed E-state index contributed by atoms with van der Waals surface area (Å²) in [6, 6.07) is 9.32. The van der Waals surface area contributed by atoms with Crippen LogP contribution in [-0.2, 0) is 16.6 Å². The van der Waals surface area contributed by atoms with Crippen LogP contribution in [0.25, 0.3) is 0 Å². The minimum absolute atomic E-state index is 0.104. The zero-order valence-electron chi connectivity index (χ0n) is 10.8. The van der Waals surface area contributed by atoms with Gasteiger partial charge in [-0.25, -0.2) is 0 Å². The van der Waals surface area contributed by atoms with E-state index in [0.29, 0.717) is 10.6 Å². The molecule has 1 N–H and O–H groups in total. The SMILES string of the molecule is Cc1c(C[S@@](C)=O)cccc1NC(=O)c1cccs1. The third kappa shape index (κ3) is 3.52. The summed E-state index contributed by atoms with van der Waals surface area (Å²) in [5, 5.41) is 4.77. The fourth-order valence-electron chi connectivity index (χ4n) is 1.79. The number of benzene rings is 1. The van der Waals surface area contributed by atoms with Gasteiger partial charge in [-0.3, -0.25) is 9.00 Å². The lowest BCUT2D eigenvalue weighted by Gasteiger charge is -2.11. The van der Waals surface area contributed by atoms with Gasteiger partial charge in [-0.1, -0.05) is 18.2 Å². The van der Waals surface area contributed by atoms with Crippen molar-refractivity contribution in [2.75, 3.05) is 11.6 Å². The van der Waals surface area contributed by atoms with Crippen LogP contribution in [0.4, 0.5) is 5.69 Å². The lowest BCUT2D eigenvalue weighted by molar-refractivity contribution is 0.103. The van der Waals surface area contributed by atoms with Crippen LogP contribution in [0.2, 0.25) is 0 Å². The van der Waals surface area contributed by atoms with Gasteiger partial charge in [0.2, 0.25) is 0 Å². The largest absolute Gasteiger partial charge is 0.321 e. The van der Waals surface area contributed by atoms with Crippen molar-refractivity contribution in [3.63, 3.8) is 0 Å². The van der Waals surface area contributed by atoms with Crippen LogP contribution in [0, 0.1) is 6.92 Å². The maximum absolute atomic E-state index is 12.0. The van der Waals surface area contributed by atoms with Gasteiger partial charge >= 0.3 is 0 Å². The fourth-order valence-corrected chi connectivity index (χ4v) is 3.16. The van der Waals surface area contributed by atoms with Gasteiger partial charge in [-0.05, 0) is 35.6 Å². The summed E-state index contributed by atoms with van der Waals surface area (Å²) in [4.78, 5) is 12.7. The van der Waals surface area contributed by atoms with Gasteiger partial charge in [0.05, 0.1) is 4.88 Å². The second-order valence-corrected chi connectivity index (χ2v) is 6.62. The molecule has 0 saturated heterocycles. The van der Waals surface area contributed by atoms with Gasteiger partial charge in [0.1, 0.15) is 0 Å². The number of nitrogens with one attached hydrogen (secondary N) is 1. The Hall–Kier alpha value is -1.46.